The third kappa shape index (κ3) is 13.5. The molecule has 6 nitrogen and oxygen atoms in total. The molecule has 0 aliphatic heterocycles. The summed E-state index contributed by atoms with van der Waals surface area (Å²) in [5.74, 6) is 0. The Morgan fingerprint density at radius 1 is 0.600 bits per heavy atom. The first-order chi connectivity index (χ1) is 11.2. The van der Waals surface area contributed by atoms with Crippen LogP contribution >= 0.6 is 0 Å². The van der Waals surface area contributed by atoms with Gasteiger partial charge in [0.05, 0.1) is 0 Å². The molecule has 0 unspecified atom stereocenters. The first-order valence-corrected chi connectivity index (χ1v) is 9.48. The zero-order chi connectivity index (χ0) is 18.1. The van der Waals surface area contributed by atoms with E-state index in [4.69, 9.17) is 0 Å². The minimum absolute atomic E-state index is 0. The van der Waals surface area contributed by atoms with E-state index in [-0.39, 0.29) is 23.1 Å². The first kappa shape index (κ1) is 23.5. The first-order valence-electron chi connectivity index (χ1n) is 6.54. The molecule has 25 heavy (non-hydrogen) atoms. The van der Waals surface area contributed by atoms with Gasteiger partial charge in [-0.3, -0.25) is 0 Å². The van der Waals surface area contributed by atoms with Gasteiger partial charge in [-0.25, -0.2) is 16.8 Å². The Morgan fingerprint density at radius 3 is 1.12 bits per heavy atom. The van der Waals surface area contributed by atoms with Gasteiger partial charge < -0.3 is 9.11 Å². The minimum Gasteiger partial charge on any atom is -0.744 e. The van der Waals surface area contributed by atoms with E-state index in [1.54, 1.807) is 48.5 Å². The molecule has 0 saturated carbocycles. The molecule has 0 spiro atoms. The summed E-state index contributed by atoms with van der Waals surface area (Å²) in [6.45, 7) is 0. The number of hydrogen-bond donors (Lipinski definition) is 0. The monoisotopic (exact) mass is 390 g/mol. The van der Waals surface area contributed by atoms with Crippen molar-refractivity contribution in [3.8, 4) is 0 Å². The van der Waals surface area contributed by atoms with Crippen molar-refractivity contribution in [2.24, 2.45) is 0 Å². The summed E-state index contributed by atoms with van der Waals surface area (Å²) in [4.78, 5) is 0. The molecule has 2 aromatic rings. The normalized spacial score (nSPS) is 11.6. The van der Waals surface area contributed by atoms with Crippen molar-refractivity contribution in [3.63, 3.8) is 0 Å². The van der Waals surface area contributed by atoms with Crippen LogP contribution in [0.2, 0.25) is 0 Å². The van der Waals surface area contributed by atoms with Gasteiger partial charge in [-0.15, -0.1) is 0 Å². The molecule has 0 bridgehead atoms. The van der Waals surface area contributed by atoms with Crippen molar-refractivity contribution in [2.75, 3.05) is 0 Å². The Labute approximate surface area is 163 Å². The van der Waals surface area contributed by atoms with Crippen molar-refractivity contribution in [1.82, 2.24) is 0 Å². The molecule has 0 aliphatic rings. The van der Waals surface area contributed by atoms with Crippen LogP contribution in [0.5, 0.6) is 0 Å². The van der Waals surface area contributed by atoms with E-state index >= 15 is 0 Å². The van der Waals surface area contributed by atoms with Crippen LogP contribution in [0.4, 0.5) is 0 Å². The third-order valence-corrected chi connectivity index (χ3v) is 3.39. The van der Waals surface area contributed by atoms with Crippen LogP contribution in [-0.2, 0) is 20.2 Å². The zero-order valence-corrected chi connectivity index (χ0v) is 16.1. The van der Waals surface area contributed by atoms with Crippen molar-refractivity contribution >= 4 is 55.4 Å². The molecular weight excluding hydrogens is 377 g/mol. The van der Waals surface area contributed by atoms with Gasteiger partial charge in [-0.2, -0.15) is 0 Å². The van der Waals surface area contributed by atoms with E-state index in [1.807, 2.05) is 12.1 Å². The van der Waals surface area contributed by atoms with Crippen LogP contribution in [0.3, 0.4) is 0 Å². The quantitative estimate of drug-likeness (QED) is 0.582. The molecule has 9 heteroatoms. The maximum atomic E-state index is 10.2. The van der Waals surface area contributed by atoms with Crippen LogP contribution in [0.1, 0.15) is 11.1 Å². The maximum absolute atomic E-state index is 10.2. The average molecular weight is 391 g/mol. The fourth-order valence-electron chi connectivity index (χ4n) is 1.45. The van der Waals surface area contributed by atoms with Crippen LogP contribution in [0.15, 0.2) is 71.5 Å². The van der Waals surface area contributed by atoms with Gasteiger partial charge in [0.15, 0.2) is 0 Å². The van der Waals surface area contributed by atoms with E-state index in [0.29, 0.717) is 21.9 Å². The van der Waals surface area contributed by atoms with Crippen LogP contribution < -0.4 is 0 Å². The summed E-state index contributed by atoms with van der Waals surface area (Å²) in [7, 11) is -8.51. The summed E-state index contributed by atoms with van der Waals surface area (Å²) in [5.41, 5.74) is 1.38. The van der Waals surface area contributed by atoms with E-state index in [1.165, 1.54) is 12.2 Å². The van der Waals surface area contributed by atoms with Crippen molar-refractivity contribution in [1.29, 1.82) is 0 Å². The Morgan fingerprint density at radius 2 is 0.880 bits per heavy atom. The van der Waals surface area contributed by atoms with Crippen molar-refractivity contribution in [2.45, 2.75) is 0 Å². The number of rotatable bonds is 4. The predicted molar refractivity (Wildman–Crippen MR) is 96.1 cm³/mol. The number of benzene rings is 2. The summed E-state index contributed by atoms with van der Waals surface area (Å²) < 4.78 is 61.0. The molecule has 0 aromatic heterocycles. The fourth-order valence-corrected chi connectivity index (χ4v) is 2.10. The van der Waals surface area contributed by atoms with Gasteiger partial charge in [-0.1, -0.05) is 60.7 Å². The molecule has 0 N–H and O–H groups in total. The van der Waals surface area contributed by atoms with E-state index < -0.39 is 20.2 Å². The third-order valence-electron chi connectivity index (χ3n) is 2.45. The van der Waals surface area contributed by atoms with Crippen LogP contribution in [0, 0.1) is 0 Å². The van der Waals surface area contributed by atoms with E-state index in [2.05, 4.69) is 0 Å². The smallest absolute Gasteiger partial charge is 0.744 e. The van der Waals surface area contributed by atoms with E-state index in [0.717, 1.165) is 0 Å². The molecular formula is C16H14MgO6S2. The topological polar surface area (TPSA) is 114 Å². The maximum Gasteiger partial charge on any atom is 2.00 e. The van der Waals surface area contributed by atoms with Gasteiger partial charge >= 0.3 is 23.1 Å². The summed E-state index contributed by atoms with van der Waals surface area (Å²) in [6, 6.07) is 17.5. The predicted octanol–water partition coefficient (Wildman–Crippen LogP) is 2.02. The van der Waals surface area contributed by atoms with E-state index in [9.17, 15) is 25.9 Å². The van der Waals surface area contributed by atoms with Gasteiger partial charge in [0.25, 0.3) is 0 Å². The standard InChI is InChI=1S/2C8H8O3S.Mg/c2*9-12(10,11)7-6-8-4-2-1-3-5-8;/h2*1-7H,(H,9,10,11);/q;;+2/p-2. The average Bonchev–Trinajstić information content (AvgIpc) is 2.52. The molecule has 0 heterocycles. The van der Waals surface area contributed by atoms with Crippen LogP contribution in [-0.4, -0.2) is 49.0 Å². The Bertz CT molecular complexity index is 813. The van der Waals surface area contributed by atoms with Gasteiger partial charge in [0.2, 0.25) is 0 Å². The molecule has 0 radical (unpaired) electrons. The summed E-state index contributed by atoms with van der Waals surface area (Å²) in [6.07, 6.45) is 2.53. The second-order valence-corrected chi connectivity index (χ2v) is 6.93. The molecule has 0 aliphatic carbocycles. The molecule has 2 rings (SSSR count). The molecule has 2 aromatic carbocycles. The molecule has 128 valence electrons. The Balaban J connectivity index is 0.000000443. The van der Waals surface area contributed by atoms with Crippen LogP contribution in [0.25, 0.3) is 12.2 Å². The zero-order valence-electron chi connectivity index (χ0n) is 13.1. The Kier molecular flexibility index (Phi) is 10.5. The Hall–Kier alpha value is -1.49. The second kappa shape index (κ2) is 11.2. The van der Waals surface area contributed by atoms with Gasteiger partial charge in [0, 0.05) is 10.8 Å². The summed E-state index contributed by atoms with van der Waals surface area (Å²) >= 11 is 0. The summed E-state index contributed by atoms with van der Waals surface area (Å²) in [5, 5.41) is 1.28. The van der Waals surface area contributed by atoms with Gasteiger partial charge in [-0.05, 0) is 23.3 Å². The second-order valence-electron chi connectivity index (χ2n) is 4.41. The minimum atomic E-state index is -4.25. The largest absolute Gasteiger partial charge is 2.00 e. The molecule has 0 atom stereocenters. The van der Waals surface area contributed by atoms with Gasteiger partial charge in [0.1, 0.15) is 20.2 Å². The van der Waals surface area contributed by atoms with Crippen molar-refractivity contribution in [3.05, 3.63) is 82.6 Å². The molecule has 0 amide bonds. The molecule has 0 fully saturated rings. The fraction of sp³-hybridized carbons (Fsp3) is 0. The van der Waals surface area contributed by atoms with Crippen molar-refractivity contribution < 1.29 is 25.9 Å². The SMILES string of the molecule is O=S(=O)([O-])C=Cc1ccccc1.O=S(=O)([O-])C=Cc1ccccc1.[Mg+2]. The number of hydrogen-bond acceptors (Lipinski definition) is 6. The molecule has 0 saturated heterocycles.